The first-order chi connectivity index (χ1) is 9.47. The van der Waals surface area contributed by atoms with Gasteiger partial charge in [0.1, 0.15) is 12.6 Å². The molecule has 20 heavy (non-hydrogen) atoms. The van der Waals surface area contributed by atoms with Crippen LogP contribution in [0.15, 0.2) is 18.2 Å². The summed E-state index contributed by atoms with van der Waals surface area (Å²) in [5, 5.41) is 13.8. The van der Waals surface area contributed by atoms with Crippen molar-refractivity contribution in [1.29, 1.82) is 0 Å². The van der Waals surface area contributed by atoms with Crippen LogP contribution >= 0.6 is 0 Å². The zero-order valence-corrected chi connectivity index (χ0v) is 11.8. The van der Waals surface area contributed by atoms with Crippen LogP contribution in [-0.2, 0) is 4.79 Å². The van der Waals surface area contributed by atoms with Crippen LogP contribution < -0.4 is 10.6 Å². The summed E-state index contributed by atoms with van der Waals surface area (Å²) in [5.41, 5.74) is 1.97. The van der Waals surface area contributed by atoms with E-state index in [0.717, 1.165) is 5.56 Å². The van der Waals surface area contributed by atoms with Gasteiger partial charge in [-0.15, -0.1) is 0 Å². The van der Waals surface area contributed by atoms with E-state index in [1.807, 2.05) is 13.0 Å². The van der Waals surface area contributed by atoms with Crippen molar-refractivity contribution in [3.05, 3.63) is 34.9 Å². The second-order valence-corrected chi connectivity index (χ2v) is 4.36. The van der Waals surface area contributed by atoms with Crippen molar-refractivity contribution >= 4 is 11.8 Å². The topological polar surface area (TPSA) is 78.4 Å². The van der Waals surface area contributed by atoms with E-state index in [-0.39, 0.29) is 18.4 Å². The number of hydrogen-bond acceptors (Lipinski definition) is 3. The number of aryl methyl sites for hydroxylation is 1. The van der Waals surface area contributed by atoms with Crippen LogP contribution in [0, 0.1) is 18.8 Å². The van der Waals surface area contributed by atoms with Gasteiger partial charge in [-0.3, -0.25) is 9.59 Å². The summed E-state index contributed by atoms with van der Waals surface area (Å²) < 4.78 is 0. The minimum Gasteiger partial charge on any atom is -0.384 e. The minimum atomic E-state index is -0.611. The molecule has 1 atom stereocenters. The number of carbonyl (C=O) groups is 2. The zero-order chi connectivity index (χ0) is 15.1. The molecule has 1 rings (SSSR count). The molecule has 0 aliphatic carbocycles. The fourth-order valence-corrected chi connectivity index (χ4v) is 1.69. The van der Waals surface area contributed by atoms with Gasteiger partial charge in [0.25, 0.3) is 5.91 Å². The Morgan fingerprint density at radius 2 is 2.05 bits per heavy atom. The molecule has 3 N–H and O–H groups in total. The van der Waals surface area contributed by atoms with Gasteiger partial charge in [0.15, 0.2) is 0 Å². The lowest BCUT2D eigenvalue weighted by molar-refractivity contribution is -0.122. The van der Waals surface area contributed by atoms with Crippen molar-refractivity contribution in [3.8, 4) is 11.8 Å². The van der Waals surface area contributed by atoms with Crippen LogP contribution in [0.2, 0.25) is 0 Å². The highest BCUT2D eigenvalue weighted by atomic mass is 16.2. The van der Waals surface area contributed by atoms with E-state index in [4.69, 9.17) is 5.11 Å². The Labute approximate surface area is 118 Å². The summed E-state index contributed by atoms with van der Waals surface area (Å²) >= 11 is 0. The van der Waals surface area contributed by atoms with Crippen LogP contribution in [0.4, 0.5) is 0 Å². The van der Waals surface area contributed by atoms with Crippen LogP contribution in [0.5, 0.6) is 0 Å². The summed E-state index contributed by atoms with van der Waals surface area (Å²) in [4.78, 5) is 23.4. The van der Waals surface area contributed by atoms with E-state index in [2.05, 4.69) is 22.5 Å². The summed E-state index contributed by atoms with van der Waals surface area (Å²) in [6.07, 6.45) is 0. The second kappa shape index (κ2) is 7.31. The molecular weight excluding hydrogens is 256 g/mol. The van der Waals surface area contributed by atoms with Crippen LogP contribution in [0.1, 0.15) is 28.4 Å². The lowest BCUT2D eigenvalue weighted by Gasteiger charge is -2.12. The first-order valence-electron chi connectivity index (χ1n) is 6.21. The van der Waals surface area contributed by atoms with Crippen molar-refractivity contribution < 1.29 is 14.7 Å². The predicted octanol–water partition coefficient (Wildman–Crippen LogP) is 0.203. The third kappa shape index (κ3) is 4.41. The molecule has 0 saturated heterocycles. The van der Waals surface area contributed by atoms with Crippen molar-refractivity contribution in [2.24, 2.45) is 0 Å². The van der Waals surface area contributed by atoms with Gasteiger partial charge in [-0.2, -0.15) is 0 Å². The van der Waals surface area contributed by atoms with E-state index >= 15 is 0 Å². The molecule has 106 valence electrons. The Morgan fingerprint density at radius 1 is 1.35 bits per heavy atom. The molecule has 0 heterocycles. The number of aliphatic hydroxyl groups excluding tert-OH is 1. The average Bonchev–Trinajstić information content (AvgIpc) is 2.43. The Balaban J connectivity index is 2.93. The van der Waals surface area contributed by atoms with E-state index in [1.165, 1.54) is 7.05 Å². The molecule has 0 aliphatic heterocycles. The highest BCUT2D eigenvalue weighted by molar-refractivity contribution is 5.97. The Morgan fingerprint density at radius 3 is 2.65 bits per heavy atom. The fourth-order valence-electron chi connectivity index (χ4n) is 1.69. The van der Waals surface area contributed by atoms with Crippen molar-refractivity contribution in [1.82, 2.24) is 10.6 Å². The number of nitrogens with one attached hydrogen (secondary N) is 2. The lowest BCUT2D eigenvalue weighted by Crippen LogP contribution is -2.43. The highest BCUT2D eigenvalue weighted by Crippen LogP contribution is 2.09. The molecule has 0 bridgehead atoms. The number of benzene rings is 1. The standard InChI is InChI=1S/C15H18N2O3/c1-10-7-12(5-4-6-18)9-13(8-10)15(20)17-11(2)14(19)16-3/h7-9,11,18H,6H2,1-3H3,(H,16,19)(H,17,20). The fraction of sp³-hybridized carbons (Fsp3) is 0.333. The highest BCUT2D eigenvalue weighted by Gasteiger charge is 2.15. The van der Waals surface area contributed by atoms with Gasteiger partial charge in [-0.05, 0) is 37.6 Å². The van der Waals surface area contributed by atoms with Gasteiger partial charge in [0, 0.05) is 18.2 Å². The summed E-state index contributed by atoms with van der Waals surface area (Å²) in [6.45, 7) is 3.23. The van der Waals surface area contributed by atoms with Crippen molar-refractivity contribution in [2.75, 3.05) is 13.7 Å². The molecule has 0 aliphatic rings. The molecule has 0 aromatic heterocycles. The van der Waals surface area contributed by atoms with Gasteiger partial charge >= 0.3 is 0 Å². The number of amides is 2. The molecule has 5 heteroatoms. The molecule has 1 aromatic carbocycles. The van der Waals surface area contributed by atoms with E-state index < -0.39 is 6.04 Å². The van der Waals surface area contributed by atoms with E-state index in [0.29, 0.717) is 11.1 Å². The van der Waals surface area contributed by atoms with Crippen LogP contribution in [0.3, 0.4) is 0 Å². The van der Waals surface area contributed by atoms with E-state index in [1.54, 1.807) is 19.1 Å². The summed E-state index contributed by atoms with van der Waals surface area (Å²) in [5.74, 6) is 4.70. The first-order valence-corrected chi connectivity index (χ1v) is 6.21. The maximum absolute atomic E-state index is 12.1. The maximum Gasteiger partial charge on any atom is 0.251 e. The molecule has 1 unspecified atom stereocenters. The van der Waals surface area contributed by atoms with Crippen molar-refractivity contribution in [3.63, 3.8) is 0 Å². The van der Waals surface area contributed by atoms with Gasteiger partial charge < -0.3 is 15.7 Å². The molecule has 0 fully saturated rings. The van der Waals surface area contributed by atoms with Crippen molar-refractivity contribution in [2.45, 2.75) is 19.9 Å². The minimum absolute atomic E-state index is 0.233. The third-order valence-electron chi connectivity index (χ3n) is 2.64. The van der Waals surface area contributed by atoms with Gasteiger partial charge in [-0.1, -0.05) is 11.8 Å². The number of likely N-dealkylation sites (N-methyl/N-ethyl adjacent to an activating group) is 1. The number of carbonyl (C=O) groups excluding carboxylic acids is 2. The normalized spacial score (nSPS) is 11.0. The molecular formula is C15H18N2O3. The van der Waals surface area contributed by atoms with Crippen LogP contribution in [0.25, 0.3) is 0 Å². The molecule has 0 spiro atoms. The van der Waals surface area contributed by atoms with Gasteiger partial charge in [-0.25, -0.2) is 0 Å². The number of aliphatic hydroxyl groups is 1. The Bertz CT molecular complexity index is 570. The van der Waals surface area contributed by atoms with Gasteiger partial charge in [0.05, 0.1) is 0 Å². The Kier molecular flexibility index (Phi) is 5.75. The monoisotopic (exact) mass is 274 g/mol. The van der Waals surface area contributed by atoms with Gasteiger partial charge in [0.2, 0.25) is 5.91 Å². The largest absolute Gasteiger partial charge is 0.384 e. The second-order valence-electron chi connectivity index (χ2n) is 4.36. The predicted molar refractivity (Wildman–Crippen MR) is 76.1 cm³/mol. The first kappa shape index (κ1) is 15.7. The smallest absolute Gasteiger partial charge is 0.251 e. The number of hydrogen-bond donors (Lipinski definition) is 3. The SMILES string of the molecule is CNC(=O)C(C)NC(=O)c1cc(C)cc(C#CCO)c1. The lowest BCUT2D eigenvalue weighted by atomic mass is 10.1. The molecule has 2 amide bonds. The average molecular weight is 274 g/mol. The zero-order valence-electron chi connectivity index (χ0n) is 11.8. The third-order valence-corrected chi connectivity index (χ3v) is 2.64. The molecule has 1 aromatic rings. The summed E-state index contributed by atoms with van der Waals surface area (Å²) in [7, 11) is 1.51. The molecule has 0 radical (unpaired) electrons. The number of rotatable bonds is 3. The molecule has 5 nitrogen and oxygen atoms in total. The molecule has 0 saturated carbocycles. The van der Waals surface area contributed by atoms with Crippen LogP contribution in [-0.4, -0.2) is 36.6 Å². The maximum atomic E-state index is 12.1. The van der Waals surface area contributed by atoms with E-state index in [9.17, 15) is 9.59 Å². The quantitative estimate of drug-likeness (QED) is 0.689. The Hall–Kier alpha value is -2.32. The summed E-state index contributed by atoms with van der Waals surface area (Å²) in [6, 6.07) is 4.55.